The molecule has 1 atom stereocenters. The van der Waals surface area contributed by atoms with Crippen LogP contribution in [0.5, 0.6) is 0 Å². The van der Waals surface area contributed by atoms with E-state index in [1.807, 2.05) is 11.8 Å². The summed E-state index contributed by atoms with van der Waals surface area (Å²) in [7, 11) is 0. The maximum absolute atomic E-state index is 13.1. The first kappa shape index (κ1) is 16.3. The molecule has 0 radical (unpaired) electrons. The van der Waals surface area contributed by atoms with Gasteiger partial charge in [-0.1, -0.05) is 26.7 Å². The third-order valence-electron chi connectivity index (χ3n) is 4.89. The van der Waals surface area contributed by atoms with E-state index < -0.39 is 0 Å². The summed E-state index contributed by atoms with van der Waals surface area (Å²) < 4.78 is 5.15. The molecule has 120 valence electrons. The van der Waals surface area contributed by atoms with Crippen molar-refractivity contribution in [2.24, 2.45) is 11.3 Å². The van der Waals surface area contributed by atoms with Gasteiger partial charge in [0.1, 0.15) is 6.04 Å². The largest absolute Gasteiger partial charge is 0.464 e. The third kappa shape index (κ3) is 3.41. The summed E-state index contributed by atoms with van der Waals surface area (Å²) >= 11 is 0. The number of esters is 1. The number of hydrogen-bond acceptors (Lipinski definition) is 3. The van der Waals surface area contributed by atoms with Crippen molar-refractivity contribution in [3.8, 4) is 0 Å². The van der Waals surface area contributed by atoms with Crippen LogP contribution >= 0.6 is 0 Å². The fourth-order valence-electron chi connectivity index (χ4n) is 4.14. The van der Waals surface area contributed by atoms with Crippen molar-refractivity contribution in [1.82, 2.24) is 4.90 Å². The standard InChI is InChI=1S/C17H29NO3/c1-4-21-15(19)14-8-7-11-18(14)16(20)17(12-13(2)3)9-5-6-10-17/h13-14H,4-12H2,1-3H3. The van der Waals surface area contributed by atoms with Crippen LogP contribution in [0.15, 0.2) is 0 Å². The lowest BCUT2D eigenvalue weighted by atomic mass is 9.77. The number of hydrogen-bond donors (Lipinski definition) is 0. The zero-order chi connectivity index (χ0) is 15.5. The summed E-state index contributed by atoms with van der Waals surface area (Å²) in [4.78, 5) is 27.1. The van der Waals surface area contributed by atoms with Crippen molar-refractivity contribution in [1.29, 1.82) is 0 Å². The highest BCUT2D eigenvalue weighted by atomic mass is 16.5. The molecule has 1 unspecified atom stereocenters. The minimum absolute atomic E-state index is 0.212. The molecule has 0 N–H and O–H groups in total. The molecular formula is C17H29NO3. The van der Waals surface area contributed by atoms with Crippen molar-refractivity contribution in [3.63, 3.8) is 0 Å². The van der Waals surface area contributed by atoms with Crippen LogP contribution in [0, 0.1) is 11.3 Å². The van der Waals surface area contributed by atoms with E-state index in [0.717, 1.165) is 44.9 Å². The molecule has 0 aromatic rings. The summed E-state index contributed by atoms with van der Waals surface area (Å²) in [6.07, 6.45) is 6.84. The van der Waals surface area contributed by atoms with Crippen LogP contribution < -0.4 is 0 Å². The first-order valence-electron chi connectivity index (χ1n) is 8.48. The van der Waals surface area contributed by atoms with Gasteiger partial charge in [0.05, 0.1) is 6.61 Å². The zero-order valence-corrected chi connectivity index (χ0v) is 13.7. The van der Waals surface area contributed by atoms with Gasteiger partial charge in [-0.05, 0) is 44.9 Å². The average molecular weight is 295 g/mol. The molecule has 0 spiro atoms. The van der Waals surface area contributed by atoms with Gasteiger partial charge in [0, 0.05) is 12.0 Å². The van der Waals surface area contributed by atoms with E-state index in [2.05, 4.69) is 13.8 Å². The Morgan fingerprint density at radius 1 is 1.24 bits per heavy atom. The molecule has 0 bridgehead atoms. The molecule has 1 saturated heterocycles. The van der Waals surface area contributed by atoms with Crippen LogP contribution in [-0.2, 0) is 14.3 Å². The Balaban J connectivity index is 2.14. The lowest BCUT2D eigenvalue weighted by molar-refractivity contribution is -0.157. The summed E-state index contributed by atoms with van der Waals surface area (Å²) in [5.74, 6) is 0.501. The number of ether oxygens (including phenoxy) is 1. The molecule has 21 heavy (non-hydrogen) atoms. The Labute approximate surface area is 128 Å². The molecule has 4 nitrogen and oxygen atoms in total. The topological polar surface area (TPSA) is 46.6 Å². The van der Waals surface area contributed by atoms with E-state index in [4.69, 9.17) is 4.74 Å². The Bertz CT molecular complexity index is 385. The molecule has 0 aromatic heterocycles. The highest BCUT2D eigenvalue weighted by Gasteiger charge is 2.47. The minimum Gasteiger partial charge on any atom is -0.464 e. The molecule has 0 aromatic carbocycles. The van der Waals surface area contributed by atoms with Gasteiger partial charge < -0.3 is 9.64 Å². The van der Waals surface area contributed by atoms with E-state index in [-0.39, 0.29) is 23.3 Å². The Hall–Kier alpha value is -1.06. The molecule has 1 aliphatic carbocycles. The van der Waals surface area contributed by atoms with Crippen LogP contribution in [0.3, 0.4) is 0 Å². The second-order valence-corrected chi connectivity index (χ2v) is 6.99. The fourth-order valence-corrected chi connectivity index (χ4v) is 4.14. The number of nitrogens with zero attached hydrogens (tertiary/aromatic N) is 1. The van der Waals surface area contributed by atoms with Crippen LogP contribution in [0.1, 0.15) is 65.7 Å². The van der Waals surface area contributed by atoms with E-state index in [9.17, 15) is 9.59 Å². The Morgan fingerprint density at radius 3 is 2.48 bits per heavy atom. The fraction of sp³-hybridized carbons (Fsp3) is 0.882. The lowest BCUT2D eigenvalue weighted by Gasteiger charge is -2.35. The number of amides is 1. The Morgan fingerprint density at radius 2 is 1.90 bits per heavy atom. The average Bonchev–Trinajstić information content (AvgIpc) is 3.06. The minimum atomic E-state index is -0.345. The normalized spacial score (nSPS) is 24.6. The van der Waals surface area contributed by atoms with Gasteiger partial charge in [-0.25, -0.2) is 4.79 Å². The molecule has 2 aliphatic rings. The van der Waals surface area contributed by atoms with E-state index in [1.165, 1.54) is 0 Å². The molecule has 2 rings (SSSR count). The molecule has 1 aliphatic heterocycles. The predicted molar refractivity (Wildman–Crippen MR) is 81.7 cm³/mol. The molecule has 2 fully saturated rings. The van der Waals surface area contributed by atoms with Crippen LogP contribution in [0.4, 0.5) is 0 Å². The number of rotatable bonds is 5. The predicted octanol–water partition coefficient (Wildman–Crippen LogP) is 3.15. The van der Waals surface area contributed by atoms with Crippen LogP contribution in [0.25, 0.3) is 0 Å². The third-order valence-corrected chi connectivity index (χ3v) is 4.89. The smallest absolute Gasteiger partial charge is 0.328 e. The van der Waals surface area contributed by atoms with Gasteiger partial charge in [0.2, 0.25) is 5.91 Å². The van der Waals surface area contributed by atoms with Crippen molar-refractivity contribution in [3.05, 3.63) is 0 Å². The molecule has 4 heteroatoms. The molecule has 1 saturated carbocycles. The van der Waals surface area contributed by atoms with E-state index >= 15 is 0 Å². The molecule has 1 amide bonds. The number of carbonyl (C=O) groups is 2. The highest BCUT2D eigenvalue weighted by molar-refractivity contribution is 5.88. The van der Waals surface area contributed by atoms with Gasteiger partial charge in [-0.15, -0.1) is 0 Å². The summed E-state index contributed by atoms with van der Waals surface area (Å²) in [6, 6.07) is -0.345. The number of likely N-dealkylation sites (tertiary alicyclic amines) is 1. The first-order valence-corrected chi connectivity index (χ1v) is 8.48. The zero-order valence-electron chi connectivity index (χ0n) is 13.7. The monoisotopic (exact) mass is 295 g/mol. The quantitative estimate of drug-likeness (QED) is 0.732. The molecule has 1 heterocycles. The van der Waals surface area contributed by atoms with Gasteiger partial charge in [0.15, 0.2) is 0 Å². The van der Waals surface area contributed by atoms with Crippen molar-refractivity contribution in [2.45, 2.75) is 71.8 Å². The van der Waals surface area contributed by atoms with Gasteiger partial charge in [0.25, 0.3) is 0 Å². The lowest BCUT2D eigenvalue weighted by Crippen LogP contribution is -2.48. The maximum Gasteiger partial charge on any atom is 0.328 e. The van der Waals surface area contributed by atoms with Crippen LogP contribution in [0.2, 0.25) is 0 Å². The van der Waals surface area contributed by atoms with E-state index in [0.29, 0.717) is 19.1 Å². The van der Waals surface area contributed by atoms with Crippen molar-refractivity contribution < 1.29 is 14.3 Å². The number of carbonyl (C=O) groups excluding carboxylic acids is 2. The maximum atomic E-state index is 13.1. The van der Waals surface area contributed by atoms with Crippen molar-refractivity contribution >= 4 is 11.9 Å². The summed E-state index contributed by atoms with van der Waals surface area (Å²) in [5, 5.41) is 0. The van der Waals surface area contributed by atoms with Gasteiger partial charge >= 0.3 is 5.97 Å². The van der Waals surface area contributed by atoms with Gasteiger partial charge in [-0.2, -0.15) is 0 Å². The SMILES string of the molecule is CCOC(=O)C1CCCN1C(=O)C1(CC(C)C)CCCC1. The van der Waals surface area contributed by atoms with Crippen molar-refractivity contribution in [2.75, 3.05) is 13.2 Å². The highest BCUT2D eigenvalue weighted by Crippen LogP contribution is 2.45. The summed E-state index contributed by atoms with van der Waals surface area (Å²) in [6.45, 7) is 7.27. The first-order chi connectivity index (χ1) is 10.00. The van der Waals surface area contributed by atoms with Gasteiger partial charge in [-0.3, -0.25) is 4.79 Å². The summed E-state index contributed by atoms with van der Waals surface area (Å²) in [5.41, 5.74) is -0.219. The second kappa shape index (κ2) is 6.80. The van der Waals surface area contributed by atoms with E-state index in [1.54, 1.807) is 0 Å². The van der Waals surface area contributed by atoms with Crippen LogP contribution in [-0.4, -0.2) is 36.0 Å². The molecular weight excluding hydrogens is 266 g/mol. The Kier molecular flexibility index (Phi) is 5.28. The second-order valence-electron chi connectivity index (χ2n) is 6.99.